The molecule has 7 heteroatoms. The second kappa shape index (κ2) is 5.64. The topological polar surface area (TPSA) is 64.9 Å². The molecule has 20 heavy (non-hydrogen) atoms. The zero-order chi connectivity index (χ0) is 13.9. The van der Waals surface area contributed by atoms with Gasteiger partial charge in [-0.15, -0.1) is 11.8 Å². The fraction of sp³-hybridized carbons (Fsp3) is 0.0769. The Morgan fingerprint density at radius 3 is 3.00 bits per heavy atom. The summed E-state index contributed by atoms with van der Waals surface area (Å²) in [4.78, 5) is 4.79. The second-order valence-electron chi connectivity index (χ2n) is 4.01. The van der Waals surface area contributed by atoms with E-state index in [1.807, 2.05) is 16.8 Å². The molecule has 0 radical (unpaired) electrons. The first-order chi connectivity index (χ1) is 9.72. The number of nitrogens with two attached hydrogens (primary N) is 1. The maximum absolute atomic E-state index is 13.6. The third kappa shape index (κ3) is 2.83. The van der Waals surface area contributed by atoms with E-state index in [-0.39, 0.29) is 5.82 Å². The summed E-state index contributed by atoms with van der Waals surface area (Å²) in [5, 5.41) is 7.76. The highest BCUT2D eigenvalue weighted by atomic mass is 32.2. The third-order valence-corrected chi connectivity index (χ3v) is 4.28. The van der Waals surface area contributed by atoms with Gasteiger partial charge in [0.25, 0.3) is 5.89 Å². The summed E-state index contributed by atoms with van der Waals surface area (Å²) in [6.45, 7) is 0. The molecular weight excluding hydrogens is 297 g/mol. The Bertz CT molecular complexity index is 712. The van der Waals surface area contributed by atoms with E-state index < -0.39 is 0 Å². The van der Waals surface area contributed by atoms with Crippen molar-refractivity contribution >= 4 is 28.8 Å². The van der Waals surface area contributed by atoms with Gasteiger partial charge >= 0.3 is 0 Å². The average molecular weight is 307 g/mol. The van der Waals surface area contributed by atoms with Gasteiger partial charge < -0.3 is 10.3 Å². The van der Waals surface area contributed by atoms with Crippen LogP contribution in [0.3, 0.4) is 0 Å². The van der Waals surface area contributed by atoms with Crippen molar-refractivity contribution in [3.63, 3.8) is 0 Å². The van der Waals surface area contributed by atoms with Crippen molar-refractivity contribution in [2.45, 2.75) is 10.6 Å². The number of hydrogen-bond acceptors (Lipinski definition) is 6. The van der Waals surface area contributed by atoms with E-state index in [0.29, 0.717) is 28.1 Å². The maximum atomic E-state index is 13.6. The molecule has 0 saturated carbocycles. The summed E-state index contributed by atoms with van der Waals surface area (Å²) in [7, 11) is 0. The Balaban J connectivity index is 1.70. The molecule has 0 amide bonds. The standard InChI is InChI=1S/C13H10FN3OS2/c14-10-5-9(15)1-2-11(10)20-7-12-16-13(18-17-12)8-3-4-19-6-8/h1-6H,7,15H2. The molecule has 0 atom stereocenters. The number of thiophene rings is 1. The minimum atomic E-state index is -0.337. The van der Waals surface area contributed by atoms with E-state index in [9.17, 15) is 4.39 Å². The molecule has 2 heterocycles. The second-order valence-corrected chi connectivity index (χ2v) is 5.80. The van der Waals surface area contributed by atoms with E-state index in [1.54, 1.807) is 23.5 Å². The minimum absolute atomic E-state index is 0.337. The molecule has 1 aromatic carbocycles. The number of hydrogen-bond donors (Lipinski definition) is 1. The fourth-order valence-electron chi connectivity index (χ4n) is 1.59. The Kier molecular flexibility index (Phi) is 3.70. The highest BCUT2D eigenvalue weighted by molar-refractivity contribution is 7.98. The molecule has 0 saturated heterocycles. The van der Waals surface area contributed by atoms with E-state index in [0.717, 1.165) is 5.56 Å². The SMILES string of the molecule is Nc1ccc(SCc2noc(-c3ccsc3)n2)c(F)c1. The number of aromatic nitrogens is 2. The van der Waals surface area contributed by atoms with Gasteiger partial charge in [0, 0.05) is 16.0 Å². The molecule has 0 fully saturated rings. The average Bonchev–Trinajstić information content (AvgIpc) is 3.08. The summed E-state index contributed by atoms with van der Waals surface area (Å²) in [5.74, 6) is 1.12. The molecule has 0 spiro atoms. The normalized spacial score (nSPS) is 10.8. The zero-order valence-electron chi connectivity index (χ0n) is 10.2. The first kappa shape index (κ1) is 13.1. The highest BCUT2D eigenvalue weighted by Gasteiger charge is 2.10. The van der Waals surface area contributed by atoms with Crippen LogP contribution >= 0.6 is 23.1 Å². The van der Waals surface area contributed by atoms with Gasteiger partial charge in [0.2, 0.25) is 0 Å². The molecule has 102 valence electrons. The third-order valence-electron chi connectivity index (χ3n) is 2.55. The first-order valence-corrected chi connectivity index (χ1v) is 7.68. The Hall–Kier alpha value is -1.86. The van der Waals surface area contributed by atoms with Crippen molar-refractivity contribution in [1.82, 2.24) is 10.1 Å². The van der Waals surface area contributed by atoms with Crippen LogP contribution in [0.15, 0.2) is 44.4 Å². The zero-order valence-corrected chi connectivity index (χ0v) is 11.9. The smallest absolute Gasteiger partial charge is 0.258 e. The van der Waals surface area contributed by atoms with E-state index in [4.69, 9.17) is 10.3 Å². The largest absolute Gasteiger partial charge is 0.399 e. The van der Waals surface area contributed by atoms with E-state index in [1.165, 1.54) is 17.8 Å². The monoisotopic (exact) mass is 307 g/mol. The van der Waals surface area contributed by atoms with Crippen LogP contribution in [-0.4, -0.2) is 10.1 Å². The van der Waals surface area contributed by atoms with E-state index >= 15 is 0 Å². The quantitative estimate of drug-likeness (QED) is 0.586. The van der Waals surface area contributed by atoms with Crippen LogP contribution in [0, 0.1) is 5.82 Å². The van der Waals surface area contributed by atoms with Crippen molar-refractivity contribution in [2.24, 2.45) is 0 Å². The lowest BCUT2D eigenvalue weighted by Crippen LogP contribution is -1.89. The predicted molar refractivity (Wildman–Crippen MR) is 78.0 cm³/mol. The van der Waals surface area contributed by atoms with Gasteiger partial charge in [-0.2, -0.15) is 16.3 Å². The van der Waals surface area contributed by atoms with Gasteiger partial charge in [0.1, 0.15) is 5.82 Å². The van der Waals surface area contributed by atoms with Crippen molar-refractivity contribution in [1.29, 1.82) is 0 Å². The van der Waals surface area contributed by atoms with Gasteiger partial charge in [0.05, 0.1) is 11.3 Å². The molecule has 0 aliphatic rings. The fourth-order valence-corrected chi connectivity index (χ4v) is 2.99. The number of halogens is 1. The number of nitrogen functional groups attached to an aromatic ring is 1. The lowest BCUT2D eigenvalue weighted by Gasteiger charge is -2.01. The molecule has 3 rings (SSSR count). The van der Waals surface area contributed by atoms with Gasteiger partial charge in [-0.3, -0.25) is 0 Å². The maximum Gasteiger partial charge on any atom is 0.258 e. The summed E-state index contributed by atoms with van der Waals surface area (Å²) in [6, 6.07) is 6.53. The van der Waals surface area contributed by atoms with Gasteiger partial charge in [-0.1, -0.05) is 5.16 Å². The number of thioether (sulfide) groups is 1. The van der Waals surface area contributed by atoms with Crippen LogP contribution in [-0.2, 0) is 5.75 Å². The van der Waals surface area contributed by atoms with Crippen molar-refractivity contribution in [3.05, 3.63) is 46.7 Å². The van der Waals surface area contributed by atoms with Crippen molar-refractivity contribution < 1.29 is 8.91 Å². The molecule has 0 unspecified atom stereocenters. The predicted octanol–water partition coefficient (Wildman–Crippen LogP) is 3.81. The highest BCUT2D eigenvalue weighted by Crippen LogP contribution is 2.27. The van der Waals surface area contributed by atoms with E-state index in [2.05, 4.69) is 10.1 Å². The van der Waals surface area contributed by atoms with Crippen LogP contribution < -0.4 is 5.73 Å². The van der Waals surface area contributed by atoms with Crippen LogP contribution in [0.2, 0.25) is 0 Å². The first-order valence-electron chi connectivity index (χ1n) is 5.75. The Morgan fingerprint density at radius 1 is 1.35 bits per heavy atom. The molecule has 2 aromatic heterocycles. The lowest BCUT2D eigenvalue weighted by atomic mass is 10.3. The van der Waals surface area contributed by atoms with Crippen LogP contribution in [0.25, 0.3) is 11.5 Å². The summed E-state index contributed by atoms with van der Waals surface area (Å²) >= 11 is 2.87. The molecule has 0 aliphatic carbocycles. The summed E-state index contributed by atoms with van der Waals surface area (Å²) in [6.07, 6.45) is 0. The molecule has 2 N–H and O–H groups in total. The lowest BCUT2D eigenvalue weighted by molar-refractivity contribution is 0.425. The van der Waals surface area contributed by atoms with Crippen LogP contribution in [0.5, 0.6) is 0 Å². The van der Waals surface area contributed by atoms with Crippen LogP contribution in [0.4, 0.5) is 10.1 Å². The summed E-state index contributed by atoms with van der Waals surface area (Å²) < 4.78 is 18.8. The van der Waals surface area contributed by atoms with Gasteiger partial charge in [-0.25, -0.2) is 4.39 Å². The van der Waals surface area contributed by atoms with Crippen LogP contribution in [0.1, 0.15) is 5.82 Å². The number of anilines is 1. The van der Waals surface area contributed by atoms with Crippen molar-refractivity contribution in [3.8, 4) is 11.5 Å². The Morgan fingerprint density at radius 2 is 2.25 bits per heavy atom. The Labute approximate surface area is 122 Å². The minimum Gasteiger partial charge on any atom is -0.399 e. The molecule has 0 bridgehead atoms. The molecule has 4 nitrogen and oxygen atoms in total. The number of nitrogens with zero attached hydrogens (tertiary/aromatic N) is 2. The number of benzene rings is 1. The number of rotatable bonds is 4. The van der Waals surface area contributed by atoms with Gasteiger partial charge in [0.15, 0.2) is 5.82 Å². The van der Waals surface area contributed by atoms with Gasteiger partial charge in [-0.05, 0) is 29.6 Å². The molecular formula is C13H10FN3OS2. The van der Waals surface area contributed by atoms with Crippen molar-refractivity contribution in [2.75, 3.05) is 5.73 Å². The summed E-state index contributed by atoms with van der Waals surface area (Å²) in [5.41, 5.74) is 6.81. The molecule has 0 aliphatic heterocycles. The molecule has 3 aromatic rings.